The van der Waals surface area contributed by atoms with Crippen molar-refractivity contribution in [2.24, 2.45) is 0 Å². The molecule has 0 aliphatic carbocycles. The molecule has 1 saturated heterocycles. The van der Waals surface area contributed by atoms with Crippen molar-refractivity contribution in [1.82, 2.24) is 24.5 Å². The molecule has 1 aliphatic rings. The summed E-state index contributed by atoms with van der Waals surface area (Å²) in [7, 11) is 3.92. The molecule has 4 heterocycles. The molecule has 8 heteroatoms. The van der Waals surface area contributed by atoms with Crippen molar-refractivity contribution < 1.29 is 4.79 Å². The van der Waals surface area contributed by atoms with Crippen LogP contribution in [0.2, 0.25) is 0 Å². The fourth-order valence-electron chi connectivity index (χ4n) is 4.63. The first-order valence-electron chi connectivity index (χ1n) is 12.1. The number of nitrogens with one attached hydrogen (secondary N) is 1. The second kappa shape index (κ2) is 9.46. The predicted octanol–water partition coefficient (Wildman–Crippen LogP) is 4.72. The van der Waals surface area contributed by atoms with E-state index in [2.05, 4.69) is 35.3 Å². The maximum absolute atomic E-state index is 12.9. The van der Waals surface area contributed by atoms with Gasteiger partial charge in [-0.2, -0.15) is 5.10 Å². The first-order valence-corrected chi connectivity index (χ1v) is 12.1. The van der Waals surface area contributed by atoms with Gasteiger partial charge in [0.15, 0.2) is 0 Å². The van der Waals surface area contributed by atoms with Gasteiger partial charge >= 0.3 is 0 Å². The van der Waals surface area contributed by atoms with Crippen LogP contribution in [0.15, 0.2) is 61.1 Å². The third-order valence-corrected chi connectivity index (χ3v) is 6.59. The van der Waals surface area contributed by atoms with Gasteiger partial charge in [0.05, 0.1) is 23.4 Å². The first kappa shape index (κ1) is 23.0. The van der Waals surface area contributed by atoms with Gasteiger partial charge in [0.2, 0.25) is 11.9 Å². The van der Waals surface area contributed by atoms with Crippen LogP contribution in [0.4, 0.5) is 17.3 Å². The van der Waals surface area contributed by atoms with E-state index in [1.54, 1.807) is 6.20 Å². The predicted molar refractivity (Wildman–Crippen MR) is 139 cm³/mol. The van der Waals surface area contributed by atoms with Gasteiger partial charge < -0.3 is 10.2 Å². The first-order chi connectivity index (χ1) is 16.9. The molecule has 1 fully saturated rings. The lowest BCUT2D eigenvalue weighted by Crippen LogP contribution is -2.50. The Morgan fingerprint density at radius 2 is 1.91 bits per heavy atom. The summed E-state index contributed by atoms with van der Waals surface area (Å²) in [6.07, 6.45) is 7.56. The van der Waals surface area contributed by atoms with Crippen LogP contribution >= 0.6 is 0 Å². The molecule has 5 rings (SSSR count). The third kappa shape index (κ3) is 4.61. The quantitative estimate of drug-likeness (QED) is 0.440. The summed E-state index contributed by atoms with van der Waals surface area (Å²) >= 11 is 0. The molecule has 1 atom stereocenters. The molecular weight excluding hydrogens is 438 g/mol. The number of aromatic nitrogens is 4. The van der Waals surface area contributed by atoms with Gasteiger partial charge in [-0.15, -0.1) is 0 Å². The Morgan fingerprint density at radius 3 is 2.66 bits per heavy atom. The standard InChI is InChI=1S/C27H31N7O/c1-18(2)22-17-29-34-15-12-19(16-25(22)34)23-11-13-28-27(31-23)30-20-7-9-21(10-8-20)33-14-5-6-24(26(33)35)32(3)4/h7-13,15-18,24H,5-6,14H2,1-4H3,(H,28,30,31). The normalized spacial score (nSPS) is 16.5. The monoisotopic (exact) mass is 469 g/mol. The van der Waals surface area contributed by atoms with Crippen molar-refractivity contribution >= 4 is 28.7 Å². The van der Waals surface area contributed by atoms with E-state index >= 15 is 0 Å². The maximum Gasteiger partial charge on any atom is 0.244 e. The van der Waals surface area contributed by atoms with Crippen LogP contribution in [-0.2, 0) is 4.79 Å². The number of benzene rings is 1. The molecule has 0 bridgehead atoms. The zero-order valence-corrected chi connectivity index (χ0v) is 20.6. The number of nitrogens with zero attached hydrogens (tertiary/aromatic N) is 6. The molecule has 0 spiro atoms. The fraction of sp³-hybridized carbons (Fsp3) is 0.333. The van der Waals surface area contributed by atoms with E-state index < -0.39 is 0 Å². The number of hydrogen-bond donors (Lipinski definition) is 1. The van der Waals surface area contributed by atoms with Gasteiger partial charge in [-0.3, -0.25) is 9.69 Å². The van der Waals surface area contributed by atoms with Gasteiger partial charge in [0.1, 0.15) is 0 Å². The second-order valence-corrected chi connectivity index (χ2v) is 9.55. The van der Waals surface area contributed by atoms with Crippen molar-refractivity contribution in [3.63, 3.8) is 0 Å². The van der Waals surface area contributed by atoms with Gasteiger partial charge in [-0.1, -0.05) is 13.8 Å². The fourth-order valence-corrected chi connectivity index (χ4v) is 4.63. The van der Waals surface area contributed by atoms with E-state index in [1.165, 1.54) is 5.56 Å². The third-order valence-electron chi connectivity index (χ3n) is 6.59. The Bertz CT molecular complexity index is 1340. The number of piperidine rings is 1. The molecule has 1 aliphatic heterocycles. The van der Waals surface area contributed by atoms with Crippen LogP contribution in [0.3, 0.4) is 0 Å². The Labute approximate surface area is 205 Å². The van der Waals surface area contributed by atoms with E-state index in [-0.39, 0.29) is 11.9 Å². The van der Waals surface area contributed by atoms with Gasteiger partial charge in [0, 0.05) is 41.4 Å². The number of carbonyl (C=O) groups is 1. The van der Waals surface area contributed by atoms with Crippen molar-refractivity contribution in [2.75, 3.05) is 30.9 Å². The zero-order valence-electron chi connectivity index (χ0n) is 20.6. The van der Waals surface area contributed by atoms with Crippen LogP contribution in [0.25, 0.3) is 16.8 Å². The number of rotatable bonds is 6. The highest BCUT2D eigenvalue weighted by Crippen LogP contribution is 2.27. The number of amides is 1. The van der Waals surface area contributed by atoms with Gasteiger partial charge in [-0.25, -0.2) is 14.5 Å². The average Bonchev–Trinajstić information content (AvgIpc) is 3.28. The largest absolute Gasteiger partial charge is 0.324 e. The molecule has 3 aromatic heterocycles. The average molecular weight is 470 g/mol. The molecule has 4 aromatic rings. The molecule has 180 valence electrons. The maximum atomic E-state index is 12.9. The van der Waals surface area contributed by atoms with Gasteiger partial charge in [0.25, 0.3) is 0 Å². The Hall–Kier alpha value is -3.78. The van der Waals surface area contributed by atoms with Crippen molar-refractivity contribution in [3.8, 4) is 11.3 Å². The molecule has 1 amide bonds. The van der Waals surface area contributed by atoms with Crippen molar-refractivity contribution in [3.05, 3.63) is 66.6 Å². The minimum atomic E-state index is -0.0592. The summed E-state index contributed by atoms with van der Waals surface area (Å²) in [6, 6.07) is 13.9. The molecule has 1 unspecified atom stereocenters. The second-order valence-electron chi connectivity index (χ2n) is 9.55. The van der Waals surface area contributed by atoms with Crippen LogP contribution in [0.1, 0.15) is 38.2 Å². The number of carbonyl (C=O) groups excluding carboxylic acids is 1. The smallest absolute Gasteiger partial charge is 0.244 e. The Balaban J connectivity index is 1.34. The van der Waals surface area contributed by atoms with Crippen molar-refractivity contribution in [2.45, 2.75) is 38.6 Å². The van der Waals surface area contributed by atoms with E-state index in [0.29, 0.717) is 11.9 Å². The zero-order chi connectivity index (χ0) is 24.5. The lowest BCUT2D eigenvalue weighted by atomic mass is 10.0. The summed E-state index contributed by atoms with van der Waals surface area (Å²) in [5.41, 5.74) is 5.93. The van der Waals surface area contributed by atoms with E-state index in [0.717, 1.165) is 47.5 Å². The highest BCUT2D eigenvalue weighted by molar-refractivity contribution is 5.98. The number of hydrogen-bond acceptors (Lipinski definition) is 6. The van der Waals surface area contributed by atoms with Crippen LogP contribution < -0.4 is 10.2 Å². The summed E-state index contributed by atoms with van der Waals surface area (Å²) < 4.78 is 1.90. The molecule has 1 aromatic carbocycles. The highest BCUT2D eigenvalue weighted by atomic mass is 16.2. The summed E-state index contributed by atoms with van der Waals surface area (Å²) in [5.74, 6) is 1.07. The molecule has 35 heavy (non-hydrogen) atoms. The van der Waals surface area contributed by atoms with Crippen LogP contribution in [-0.4, -0.2) is 57.1 Å². The SMILES string of the molecule is CC(C)c1cnn2ccc(-c3ccnc(Nc4ccc(N5CCCC(N(C)C)C5=O)cc4)n3)cc12. The van der Waals surface area contributed by atoms with Crippen molar-refractivity contribution in [1.29, 1.82) is 0 Å². The highest BCUT2D eigenvalue weighted by Gasteiger charge is 2.30. The van der Waals surface area contributed by atoms with Crippen LogP contribution in [0, 0.1) is 0 Å². The Morgan fingerprint density at radius 1 is 1.11 bits per heavy atom. The van der Waals surface area contributed by atoms with E-state index in [4.69, 9.17) is 4.98 Å². The lowest BCUT2D eigenvalue weighted by molar-refractivity contribution is -0.124. The van der Waals surface area contributed by atoms with Gasteiger partial charge in [-0.05, 0) is 75.3 Å². The van der Waals surface area contributed by atoms with E-state index in [9.17, 15) is 4.79 Å². The minimum absolute atomic E-state index is 0.0592. The molecule has 0 radical (unpaired) electrons. The molecule has 8 nitrogen and oxygen atoms in total. The lowest BCUT2D eigenvalue weighted by Gasteiger charge is -2.35. The number of anilines is 3. The van der Waals surface area contributed by atoms with Crippen LogP contribution in [0.5, 0.6) is 0 Å². The number of likely N-dealkylation sites (N-methyl/N-ethyl adjacent to an activating group) is 1. The molecular formula is C27H31N7O. The summed E-state index contributed by atoms with van der Waals surface area (Å²) in [4.78, 5) is 25.9. The topological polar surface area (TPSA) is 78.7 Å². The number of pyridine rings is 1. The van der Waals surface area contributed by atoms with E-state index in [1.807, 2.05) is 77.2 Å². The molecule has 0 saturated carbocycles. The minimum Gasteiger partial charge on any atom is -0.324 e. The Kier molecular flexibility index (Phi) is 6.21. The molecule has 1 N–H and O–H groups in total. The number of fused-ring (bicyclic) bond motifs is 1. The summed E-state index contributed by atoms with van der Waals surface area (Å²) in [5, 5.41) is 7.74. The summed E-state index contributed by atoms with van der Waals surface area (Å²) in [6.45, 7) is 5.09.